The summed E-state index contributed by atoms with van der Waals surface area (Å²) >= 11 is 3.68. The molecule has 0 bridgehead atoms. The molecule has 0 spiro atoms. The van der Waals surface area contributed by atoms with E-state index >= 15 is 0 Å². The van der Waals surface area contributed by atoms with Gasteiger partial charge in [0.25, 0.3) is 0 Å². The summed E-state index contributed by atoms with van der Waals surface area (Å²) < 4.78 is 1.01. The summed E-state index contributed by atoms with van der Waals surface area (Å²) in [6, 6.07) is 28.2. The van der Waals surface area contributed by atoms with Crippen LogP contribution in [0.5, 0.6) is 11.5 Å². The van der Waals surface area contributed by atoms with Gasteiger partial charge in [0, 0.05) is 4.47 Å². The van der Waals surface area contributed by atoms with Crippen LogP contribution in [-0.2, 0) is 27.1 Å². The molecule has 44 heavy (non-hydrogen) atoms. The van der Waals surface area contributed by atoms with E-state index in [9.17, 15) is 10.2 Å². The maximum Gasteiger partial charge on any atom is 0.123 e. The lowest BCUT2D eigenvalue weighted by atomic mass is 9.62. The summed E-state index contributed by atoms with van der Waals surface area (Å²) in [4.78, 5) is 0. The van der Waals surface area contributed by atoms with Gasteiger partial charge < -0.3 is 10.2 Å². The first-order valence-electron chi connectivity index (χ1n) is 15.7. The number of phenolic OH excluding ortho intramolecular Hbond substituents is 2. The topological polar surface area (TPSA) is 40.5 Å². The molecule has 234 valence electrons. The van der Waals surface area contributed by atoms with Crippen LogP contribution in [-0.4, -0.2) is 10.2 Å². The molecule has 4 rings (SSSR count). The van der Waals surface area contributed by atoms with E-state index in [2.05, 4.69) is 178 Å². The Morgan fingerprint density at radius 3 is 1.00 bits per heavy atom. The van der Waals surface area contributed by atoms with Gasteiger partial charge in [0.05, 0.1) is 5.41 Å². The molecule has 0 saturated carbocycles. The van der Waals surface area contributed by atoms with E-state index in [1.807, 2.05) is 0 Å². The standard InChI is InChI=1S/C41H51BrO2/c1-37(2,3)31-22-28(23-32(35(31)43)38(4,5)6)41(26-16-14-13-15-17-26,27-18-20-30(42)21-19-27)29-24-33(39(7,8)9)36(44)34(25-29)40(10,11)12/h13-25,43-44H,1-12H3. The van der Waals surface area contributed by atoms with Gasteiger partial charge in [0.1, 0.15) is 11.5 Å². The summed E-state index contributed by atoms with van der Waals surface area (Å²) in [7, 11) is 0. The van der Waals surface area contributed by atoms with E-state index < -0.39 is 5.41 Å². The summed E-state index contributed by atoms with van der Waals surface area (Å²) in [5, 5.41) is 23.6. The molecule has 2 nitrogen and oxygen atoms in total. The van der Waals surface area contributed by atoms with Crippen LogP contribution in [0, 0.1) is 0 Å². The van der Waals surface area contributed by atoms with Crippen LogP contribution in [0.4, 0.5) is 0 Å². The molecular weight excluding hydrogens is 604 g/mol. The Labute approximate surface area is 274 Å². The van der Waals surface area contributed by atoms with Crippen molar-refractivity contribution in [3.63, 3.8) is 0 Å². The van der Waals surface area contributed by atoms with Gasteiger partial charge in [-0.05, 0) is 103 Å². The first kappa shape index (κ1) is 33.8. The van der Waals surface area contributed by atoms with Gasteiger partial charge >= 0.3 is 0 Å². The molecule has 0 radical (unpaired) electrons. The van der Waals surface area contributed by atoms with Crippen LogP contribution in [0.3, 0.4) is 0 Å². The molecule has 0 aliphatic heterocycles. The number of halogens is 1. The van der Waals surface area contributed by atoms with E-state index in [1.165, 1.54) is 0 Å². The predicted octanol–water partition coefficient (Wildman–Crippen LogP) is 11.4. The highest BCUT2D eigenvalue weighted by molar-refractivity contribution is 9.10. The fraction of sp³-hybridized carbons (Fsp3) is 0.415. The Morgan fingerprint density at radius 2 is 0.705 bits per heavy atom. The second kappa shape index (κ2) is 11.4. The second-order valence-corrected chi connectivity index (χ2v) is 17.4. The van der Waals surface area contributed by atoms with Gasteiger partial charge in [0.2, 0.25) is 0 Å². The van der Waals surface area contributed by atoms with E-state index in [0.29, 0.717) is 11.5 Å². The first-order valence-corrected chi connectivity index (χ1v) is 16.5. The minimum Gasteiger partial charge on any atom is -0.507 e. The Balaban J connectivity index is 2.38. The van der Waals surface area contributed by atoms with Crippen LogP contribution < -0.4 is 0 Å². The molecule has 0 aliphatic rings. The van der Waals surface area contributed by atoms with Gasteiger partial charge in [-0.25, -0.2) is 0 Å². The highest BCUT2D eigenvalue weighted by Crippen LogP contribution is 2.52. The highest BCUT2D eigenvalue weighted by Gasteiger charge is 2.43. The van der Waals surface area contributed by atoms with Crippen molar-refractivity contribution in [2.45, 2.75) is 110 Å². The van der Waals surface area contributed by atoms with Gasteiger partial charge in [-0.3, -0.25) is 0 Å². The first-order chi connectivity index (χ1) is 20.1. The predicted molar refractivity (Wildman–Crippen MR) is 191 cm³/mol. The van der Waals surface area contributed by atoms with E-state index in [4.69, 9.17) is 0 Å². The maximum atomic E-state index is 11.8. The van der Waals surface area contributed by atoms with Gasteiger partial charge in [0.15, 0.2) is 0 Å². The molecule has 3 heteroatoms. The van der Waals surface area contributed by atoms with Gasteiger partial charge in [-0.2, -0.15) is 0 Å². The van der Waals surface area contributed by atoms with Crippen LogP contribution in [0.25, 0.3) is 0 Å². The summed E-state index contributed by atoms with van der Waals surface area (Å²) in [5.41, 5.74) is 6.12. The number of hydrogen-bond donors (Lipinski definition) is 2. The molecule has 0 aromatic heterocycles. The quantitative estimate of drug-likeness (QED) is 0.215. The van der Waals surface area contributed by atoms with Crippen molar-refractivity contribution in [3.05, 3.63) is 128 Å². The van der Waals surface area contributed by atoms with Crippen molar-refractivity contribution in [1.29, 1.82) is 0 Å². The number of phenols is 2. The Kier molecular flexibility index (Phi) is 8.76. The number of hydrogen-bond acceptors (Lipinski definition) is 2. The molecule has 0 heterocycles. The number of benzene rings is 4. The lowest BCUT2D eigenvalue weighted by Gasteiger charge is -2.41. The van der Waals surface area contributed by atoms with Gasteiger partial charge in [-0.1, -0.05) is 141 Å². The summed E-state index contributed by atoms with van der Waals surface area (Å²) in [6.07, 6.45) is 0. The molecule has 0 unspecified atom stereocenters. The van der Waals surface area contributed by atoms with Crippen LogP contribution in [0.15, 0.2) is 83.3 Å². The zero-order valence-corrected chi connectivity index (χ0v) is 30.4. The maximum absolute atomic E-state index is 11.8. The zero-order chi connectivity index (χ0) is 33.0. The normalized spacial score (nSPS) is 13.3. The fourth-order valence-corrected chi connectivity index (χ4v) is 6.64. The molecule has 2 N–H and O–H groups in total. The molecule has 4 aromatic carbocycles. The largest absolute Gasteiger partial charge is 0.507 e. The third-order valence-electron chi connectivity index (χ3n) is 8.80. The van der Waals surface area contributed by atoms with E-state index in [0.717, 1.165) is 49.0 Å². The van der Waals surface area contributed by atoms with Crippen molar-refractivity contribution in [3.8, 4) is 11.5 Å². The Morgan fingerprint density at radius 1 is 0.409 bits per heavy atom. The SMILES string of the molecule is CC(C)(C)c1cc(C(c2ccccc2)(c2ccc(Br)cc2)c2cc(C(C)(C)C)c(O)c(C(C)(C)C)c2)cc(C(C)(C)C)c1O. The van der Waals surface area contributed by atoms with Crippen LogP contribution in [0.2, 0.25) is 0 Å². The molecular formula is C41H51BrO2. The highest BCUT2D eigenvalue weighted by atomic mass is 79.9. The monoisotopic (exact) mass is 654 g/mol. The van der Waals surface area contributed by atoms with E-state index in [-0.39, 0.29) is 21.7 Å². The zero-order valence-electron chi connectivity index (χ0n) is 28.8. The average molecular weight is 656 g/mol. The minimum absolute atomic E-state index is 0.301. The molecule has 0 amide bonds. The lowest BCUT2D eigenvalue weighted by Crippen LogP contribution is -2.33. The second-order valence-electron chi connectivity index (χ2n) is 16.5. The van der Waals surface area contributed by atoms with Crippen molar-refractivity contribution in [2.24, 2.45) is 0 Å². The fourth-order valence-electron chi connectivity index (χ4n) is 6.38. The summed E-state index contributed by atoms with van der Waals surface area (Å²) in [6.45, 7) is 26.0. The van der Waals surface area contributed by atoms with Crippen molar-refractivity contribution < 1.29 is 10.2 Å². The van der Waals surface area contributed by atoms with Crippen LogP contribution in [0.1, 0.15) is 128 Å². The molecule has 0 saturated heterocycles. The molecule has 0 fully saturated rings. The van der Waals surface area contributed by atoms with Crippen molar-refractivity contribution >= 4 is 15.9 Å². The van der Waals surface area contributed by atoms with Crippen molar-refractivity contribution in [1.82, 2.24) is 0 Å². The van der Waals surface area contributed by atoms with Crippen molar-refractivity contribution in [2.75, 3.05) is 0 Å². The van der Waals surface area contributed by atoms with E-state index in [1.54, 1.807) is 0 Å². The Bertz CT molecular complexity index is 1480. The molecule has 0 atom stereocenters. The summed E-state index contributed by atoms with van der Waals surface area (Å²) in [5.74, 6) is 0.728. The smallest absolute Gasteiger partial charge is 0.123 e. The third kappa shape index (κ3) is 6.23. The average Bonchev–Trinajstić information content (AvgIpc) is 2.89. The third-order valence-corrected chi connectivity index (χ3v) is 9.33. The minimum atomic E-state index is -0.761. The molecule has 4 aromatic rings. The molecule has 0 aliphatic carbocycles. The Hall–Kier alpha value is -3.04. The lowest BCUT2D eigenvalue weighted by molar-refractivity contribution is 0.421. The number of rotatable bonds is 4. The number of aromatic hydroxyl groups is 2. The van der Waals surface area contributed by atoms with Crippen LogP contribution >= 0.6 is 15.9 Å². The van der Waals surface area contributed by atoms with Gasteiger partial charge in [-0.15, -0.1) is 0 Å².